The van der Waals surface area contributed by atoms with E-state index < -0.39 is 0 Å². The van der Waals surface area contributed by atoms with Crippen molar-refractivity contribution >= 4 is 11.4 Å². The zero-order valence-corrected chi connectivity index (χ0v) is 13.2. The van der Waals surface area contributed by atoms with Crippen LogP contribution in [0.5, 0.6) is 0 Å². The standard InChI is InChI=1S/C18H28N2O/c1-2-16-14-15(10-13-21-16)19-17-8-4-5-9-18(17)20-11-6-3-7-12-20/h4-5,8-9,15-16,19H,2-3,6-7,10-14H2,1H3. The van der Waals surface area contributed by atoms with Crippen LogP contribution in [0.15, 0.2) is 24.3 Å². The molecule has 2 aliphatic rings. The van der Waals surface area contributed by atoms with Gasteiger partial charge in [-0.25, -0.2) is 0 Å². The van der Waals surface area contributed by atoms with Crippen LogP contribution in [0.3, 0.4) is 0 Å². The maximum Gasteiger partial charge on any atom is 0.0602 e. The van der Waals surface area contributed by atoms with Crippen LogP contribution in [-0.2, 0) is 4.74 Å². The topological polar surface area (TPSA) is 24.5 Å². The maximum atomic E-state index is 5.79. The van der Waals surface area contributed by atoms with Gasteiger partial charge in [-0.3, -0.25) is 0 Å². The fraction of sp³-hybridized carbons (Fsp3) is 0.667. The van der Waals surface area contributed by atoms with E-state index in [9.17, 15) is 0 Å². The first-order chi connectivity index (χ1) is 10.4. The number of nitrogens with one attached hydrogen (secondary N) is 1. The van der Waals surface area contributed by atoms with E-state index in [2.05, 4.69) is 41.4 Å². The molecule has 2 saturated heterocycles. The van der Waals surface area contributed by atoms with Crippen molar-refractivity contribution in [2.24, 2.45) is 0 Å². The fourth-order valence-electron chi connectivity index (χ4n) is 3.52. The molecule has 3 heteroatoms. The zero-order valence-electron chi connectivity index (χ0n) is 13.2. The Hall–Kier alpha value is -1.22. The number of piperidine rings is 1. The number of ether oxygens (including phenoxy) is 1. The number of nitrogens with zero attached hydrogens (tertiary/aromatic N) is 1. The summed E-state index contributed by atoms with van der Waals surface area (Å²) in [6, 6.07) is 9.36. The predicted octanol–water partition coefficient (Wildman–Crippen LogP) is 4.05. The highest BCUT2D eigenvalue weighted by Gasteiger charge is 2.22. The number of anilines is 2. The van der Waals surface area contributed by atoms with Crippen molar-refractivity contribution < 1.29 is 4.74 Å². The minimum Gasteiger partial charge on any atom is -0.380 e. The van der Waals surface area contributed by atoms with E-state index in [1.807, 2.05) is 0 Å². The Morgan fingerprint density at radius 3 is 2.81 bits per heavy atom. The van der Waals surface area contributed by atoms with Crippen LogP contribution >= 0.6 is 0 Å². The van der Waals surface area contributed by atoms with Gasteiger partial charge in [0, 0.05) is 25.7 Å². The third-order valence-electron chi connectivity index (χ3n) is 4.78. The second kappa shape index (κ2) is 7.17. The molecule has 2 aliphatic heterocycles. The lowest BCUT2D eigenvalue weighted by molar-refractivity contribution is 0.00926. The summed E-state index contributed by atoms with van der Waals surface area (Å²) >= 11 is 0. The molecule has 0 spiro atoms. The lowest BCUT2D eigenvalue weighted by Crippen LogP contribution is -2.35. The molecule has 1 aromatic rings. The lowest BCUT2D eigenvalue weighted by Gasteiger charge is -2.34. The molecule has 0 aromatic heterocycles. The maximum absolute atomic E-state index is 5.79. The van der Waals surface area contributed by atoms with Gasteiger partial charge in [-0.05, 0) is 50.7 Å². The summed E-state index contributed by atoms with van der Waals surface area (Å²) < 4.78 is 5.79. The normalized spacial score (nSPS) is 26.6. The van der Waals surface area contributed by atoms with Crippen LogP contribution < -0.4 is 10.2 Å². The molecule has 2 fully saturated rings. The molecule has 2 atom stereocenters. The minimum absolute atomic E-state index is 0.429. The third kappa shape index (κ3) is 3.70. The Kier molecular flexibility index (Phi) is 5.02. The highest BCUT2D eigenvalue weighted by molar-refractivity contribution is 5.70. The Bertz CT molecular complexity index is 443. The second-order valence-electron chi connectivity index (χ2n) is 6.33. The van der Waals surface area contributed by atoms with E-state index in [1.165, 1.54) is 43.7 Å². The van der Waals surface area contributed by atoms with E-state index in [4.69, 9.17) is 4.74 Å². The lowest BCUT2D eigenvalue weighted by atomic mass is 10.0. The second-order valence-corrected chi connectivity index (χ2v) is 6.33. The van der Waals surface area contributed by atoms with Gasteiger partial charge in [0.15, 0.2) is 0 Å². The molecular weight excluding hydrogens is 260 g/mol. The van der Waals surface area contributed by atoms with E-state index in [0.29, 0.717) is 12.1 Å². The zero-order chi connectivity index (χ0) is 14.5. The molecule has 0 aliphatic carbocycles. The van der Waals surface area contributed by atoms with Gasteiger partial charge in [-0.1, -0.05) is 19.1 Å². The van der Waals surface area contributed by atoms with Gasteiger partial charge in [0.2, 0.25) is 0 Å². The summed E-state index contributed by atoms with van der Waals surface area (Å²) in [5.41, 5.74) is 2.69. The first-order valence-corrected chi connectivity index (χ1v) is 8.59. The largest absolute Gasteiger partial charge is 0.380 e. The average molecular weight is 288 g/mol. The number of benzene rings is 1. The van der Waals surface area contributed by atoms with Crippen molar-refractivity contribution in [1.29, 1.82) is 0 Å². The molecule has 2 unspecified atom stereocenters. The van der Waals surface area contributed by atoms with Gasteiger partial charge in [-0.15, -0.1) is 0 Å². The summed E-state index contributed by atoms with van der Waals surface area (Å²) in [5.74, 6) is 0. The Balaban J connectivity index is 1.69. The molecule has 3 nitrogen and oxygen atoms in total. The molecule has 116 valence electrons. The van der Waals surface area contributed by atoms with Gasteiger partial charge in [0.25, 0.3) is 0 Å². The SMILES string of the molecule is CCC1CC(Nc2ccccc2N2CCCCC2)CCO1. The van der Waals surface area contributed by atoms with Crippen molar-refractivity contribution in [3.05, 3.63) is 24.3 Å². The van der Waals surface area contributed by atoms with Crippen LogP contribution in [-0.4, -0.2) is 31.8 Å². The van der Waals surface area contributed by atoms with Gasteiger partial charge < -0.3 is 15.0 Å². The summed E-state index contributed by atoms with van der Waals surface area (Å²) in [7, 11) is 0. The van der Waals surface area contributed by atoms with Crippen molar-refractivity contribution in [1.82, 2.24) is 0 Å². The van der Waals surface area contributed by atoms with Crippen molar-refractivity contribution in [3.8, 4) is 0 Å². The van der Waals surface area contributed by atoms with Gasteiger partial charge in [0.05, 0.1) is 17.5 Å². The number of hydrogen-bond donors (Lipinski definition) is 1. The molecule has 1 aromatic carbocycles. The smallest absolute Gasteiger partial charge is 0.0602 e. The van der Waals surface area contributed by atoms with Gasteiger partial charge >= 0.3 is 0 Å². The van der Waals surface area contributed by atoms with E-state index in [1.54, 1.807) is 0 Å². The first-order valence-electron chi connectivity index (χ1n) is 8.59. The molecule has 1 N–H and O–H groups in total. The monoisotopic (exact) mass is 288 g/mol. The van der Waals surface area contributed by atoms with Crippen LogP contribution in [0.2, 0.25) is 0 Å². The highest BCUT2D eigenvalue weighted by Crippen LogP contribution is 2.30. The number of rotatable bonds is 4. The van der Waals surface area contributed by atoms with E-state index in [-0.39, 0.29) is 0 Å². The third-order valence-corrected chi connectivity index (χ3v) is 4.78. The summed E-state index contributed by atoms with van der Waals surface area (Å²) in [5, 5.41) is 3.79. The Morgan fingerprint density at radius 2 is 2.00 bits per heavy atom. The number of para-hydroxylation sites is 2. The molecule has 0 bridgehead atoms. The summed E-state index contributed by atoms with van der Waals surface area (Å²) in [4.78, 5) is 2.54. The quantitative estimate of drug-likeness (QED) is 0.904. The molecule has 0 amide bonds. The predicted molar refractivity (Wildman–Crippen MR) is 89.2 cm³/mol. The van der Waals surface area contributed by atoms with Crippen molar-refractivity contribution in [2.45, 2.75) is 57.6 Å². The summed E-state index contributed by atoms with van der Waals surface area (Å²) in [6.45, 7) is 5.50. The molecule has 21 heavy (non-hydrogen) atoms. The first kappa shape index (κ1) is 14.7. The fourth-order valence-corrected chi connectivity index (χ4v) is 3.52. The van der Waals surface area contributed by atoms with Crippen LogP contribution in [0.4, 0.5) is 11.4 Å². The molecular formula is C18H28N2O. The van der Waals surface area contributed by atoms with Gasteiger partial charge in [-0.2, -0.15) is 0 Å². The Morgan fingerprint density at radius 1 is 1.19 bits per heavy atom. The van der Waals surface area contributed by atoms with Crippen LogP contribution in [0, 0.1) is 0 Å². The van der Waals surface area contributed by atoms with Crippen LogP contribution in [0.1, 0.15) is 45.4 Å². The van der Waals surface area contributed by atoms with Crippen LogP contribution in [0.25, 0.3) is 0 Å². The van der Waals surface area contributed by atoms with Crippen molar-refractivity contribution in [3.63, 3.8) is 0 Å². The Labute approximate surface area is 128 Å². The molecule has 0 radical (unpaired) electrons. The summed E-state index contributed by atoms with van der Waals surface area (Å²) in [6.07, 6.45) is 7.82. The molecule has 0 saturated carbocycles. The highest BCUT2D eigenvalue weighted by atomic mass is 16.5. The van der Waals surface area contributed by atoms with Gasteiger partial charge in [0.1, 0.15) is 0 Å². The molecule has 3 rings (SSSR count). The van der Waals surface area contributed by atoms with E-state index in [0.717, 1.165) is 25.9 Å². The van der Waals surface area contributed by atoms with Crippen molar-refractivity contribution in [2.75, 3.05) is 29.9 Å². The minimum atomic E-state index is 0.429. The molecule has 2 heterocycles. The van der Waals surface area contributed by atoms with E-state index >= 15 is 0 Å². The average Bonchev–Trinajstić information content (AvgIpc) is 2.56. The number of hydrogen-bond acceptors (Lipinski definition) is 3.